The molecule has 0 bridgehead atoms. The summed E-state index contributed by atoms with van der Waals surface area (Å²) in [5.41, 5.74) is 2.00. The van der Waals surface area contributed by atoms with Crippen LogP contribution in [0.2, 0.25) is 0 Å². The predicted octanol–water partition coefficient (Wildman–Crippen LogP) is 0.695. The molecule has 0 fully saturated rings. The maximum absolute atomic E-state index is 9.30. The summed E-state index contributed by atoms with van der Waals surface area (Å²) in [5, 5.41) is 24.6. The summed E-state index contributed by atoms with van der Waals surface area (Å²) < 4.78 is 4.90. The summed E-state index contributed by atoms with van der Waals surface area (Å²) >= 11 is 0. The molecule has 0 amide bonds. The number of aromatic nitrogens is 2. The first-order valence-electron chi connectivity index (χ1n) is 4.18. The van der Waals surface area contributed by atoms with Gasteiger partial charge in [0.2, 0.25) is 0 Å². The van der Waals surface area contributed by atoms with Crippen molar-refractivity contribution >= 4 is 0 Å². The number of furan rings is 1. The van der Waals surface area contributed by atoms with Gasteiger partial charge in [0, 0.05) is 5.56 Å². The van der Waals surface area contributed by atoms with Crippen molar-refractivity contribution < 1.29 is 14.6 Å². The van der Waals surface area contributed by atoms with Crippen LogP contribution in [0.1, 0.15) is 11.8 Å². The Balaban J connectivity index is 2.26. The van der Waals surface area contributed by atoms with Crippen LogP contribution in [-0.2, 0) is 0 Å². The number of aliphatic hydroxyl groups excluding tert-OH is 2. The van der Waals surface area contributed by atoms with Crippen LogP contribution in [0.5, 0.6) is 0 Å². The van der Waals surface area contributed by atoms with Gasteiger partial charge in [-0.25, -0.2) is 0 Å². The Morgan fingerprint density at radius 3 is 3.07 bits per heavy atom. The fourth-order valence-electron chi connectivity index (χ4n) is 1.16. The zero-order valence-electron chi connectivity index (χ0n) is 7.34. The lowest BCUT2D eigenvalue weighted by atomic mass is 10.2. The number of hydrogen-bond acceptors (Lipinski definition) is 4. The third-order valence-electron chi connectivity index (χ3n) is 1.95. The molecule has 0 saturated carbocycles. The molecular weight excluding hydrogens is 184 g/mol. The molecule has 2 heterocycles. The molecule has 0 aliphatic carbocycles. The van der Waals surface area contributed by atoms with Crippen molar-refractivity contribution in [2.45, 2.75) is 6.10 Å². The summed E-state index contributed by atoms with van der Waals surface area (Å²) in [5.74, 6) is 0. The number of nitrogens with zero attached hydrogens (tertiary/aromatic N) is 1. The number of H-pyrrole nitrogens is 1. The molecule has 2 aromatic heterocycles. The lowest BCUT2D eigenvalue weighted by Gasteiger charge is -2.00. The summed E-state index contributed by atoms with van der Waals surface area (Å²) in [6.07, 6.45) is 2.19. The van der Waals surface area contributed by atoms with Gasteiger partial charge in [-0.05, 0) is 12.1 Å². The van der Waals surface area contributed by atoms with Gasteiger partial charge in [-0.3, -0.25) is 5.10 Å². The Kier molecular flexibility index (Phi) is 2.34. The molecule has 0 saturated heterocycles. The van der Waals surface area contributed by atoms with Crippen molar-refractivity contribution in [1.82, 2.24) is 10.2 Å². The fourth-order valence-corrected chi connectivity index (χ4v) is 1.16. The molecule has 2 aromatic rings. The fraction of sp³-hybridized carbons (Fsp3) is 0.222. The van der Waals surface area contributed by atoms with E-state index in [9.17, 15) is 5.11 Å². The molecule has 0 aromatic carbocycles. The van der Waals surface area contributed by atoms with Crippen molar-refractivity contribution in [3.63, 3.8) is 0 Å². The smallest absolute Gasteiger partial charge is 0.118 e. The number of rotatable bonds is 3. The third-order valence-corrected chi connectivity index (χ3v) is 1.95. The average molecular weight is 194 g/mol. The second kappa shape index (κ2) is 3.65. The highest BCUT2D eigenvalue weighted by Crippen LogP contribution is 2.20. The standard InChI is InChI=1S/C9H10N2O3/c12-4-9(13)8-3-7(10-11-8)6-1-2-14-5-6/h1-3,5,9,12-13H,4H2,(H,10,11). The van der Waals surface area contributed by atoms with Gasteiger partial charge in [-0.15, -0.1) is 0 Å². The highest BCUT2D eigenvalue weighted by Gasteiger charge is 2.11. The van der Waals surface area contributed by atoms with Crippen LogP contribution >= 0.6 is 0 Å². The van der Waals surface area contributed by atoms with Gasteiger partial charge in [0.1, 0.15) is 6.10 Å². The first-order chi connectivity index (χ1) is 6.81. The molecular formula is C9H10N2O3. The molecule has 0 aliphatic rings. The monoisotopic (exact) mass is 194 g/mol. The van der Waals surface area contributed by atoms with Gasteiger partial charge < -0.3 is 14.6 Å². The Bertz CT molecular complexity index is 394. The average Bonchev–Trinajstić information content (AvgIpc) is 2.86. The van der Waals surface area contributed by atoms with Crippen molar-refractivity contribution in [2.75, 3.05) is 6.61 Å². The van der Waals surface area contributed by atoms with Crippen LogP contribution in [0.4, 0.5) is 0 Å². The van der Waals surface area contributed by atoms with Gasteiger partial charge in [0.15, 0.2) is 0 Å². The predicted molar refractivity (Wildman–Crippen MR) is 48.3 cm³/mol. The molecule has 14 heavy (non-hydrogen) atoms. The molecule has 0 spiro atoms. The zero-order chi connectivity index (χ0) is 9.97. The molecule has 2 rings (SSSR count). The Morgan fingerprint density at radius 1 is 1.57 bits per heavy atom. The highest BCUT2D eigenvalue weighted by atomic mass is 16.3. The molecule has 5 heteroatoms. The molecule has 1 atom stereocenters. The van der Waals surface area contributed by atoms with E-state index in [2.05, 4.69) is 10.2 Å². The maximum atomic E-state index is 9.30. The quantitative estimate of drug-likeness (QED) is 0.671. The minimum atomic E-state index is -0.914. The van der Waals surface area contributed by atoms with Crippen LogP contribution in [0, 0.1) is 0 Å². The Morgan fingerprint density at radius 2 is 2.43 bits per heavy atom. The number of aromatic amines is 1. The second-order valence-electron chi connectivity index (χ2n) is 2.92. The molecule has 1 unspecified atom stereocenters. The molecule has 5 nitrogen and oxygen atoms in total. The van der Waals surface area contributed by atoms with Gasteiger partial charge in [0.05, 0.1) is 30.5 Å². The number of hydrogen-bond donors (Lipinski definition) is 3. The summed E-state index contributed by atoms with van der Waals surface area (Å²) in [4.78, 5) is 0. The van der Waals surface area contributed by atoms with Gasteiger partial charge in [-0.1, -0.05) is 0 Å². The van der Waals surface area contributed by atoms with E-state index in [0.29, 0.717) is 11.4 Å². The third kappa shape index (κ3) is 1.55. The minimum Gasteiger partial charge on any atom is -0.472 e. The van der Waals surface area contributed by atoms with E-state index in [1.54, 1.807) is 24.7 Å². The van der Waals surface area contributed by atoms with Crippen molar-refractivity contribution in [3.8, 4) is 11.3 Å². The molecule has 0 radical (unpaired) electrons. The van der Waals surface area contributed by atoms with Crippen molar-refractivity contribution in [3.05, 3.63) is 30.4 Å². The van der Waals surface area contributed by atoms with Crippen LogP contribution in [-0.4, -0.2) is 27.0 Å². The first-order valence-corrected chi connectivity index (χ1v) is 4.18. The van der Waals surface area contributed by atoms with E-state index in [1.807, 2.05) is 0 Å². The largest absolute Gasteiger partial charge is 0.472 e. The summed E-state index contributed by atoms with van der Waals surface area (Å²) in [7, 11) is 0. The summed E-state index contributed by atoms with van der Waals surface area (Å²) in [6.45, 7) is -0.326. The van der Waals surface area contributed by atoms with Crippen LogP contribution in [0.3, 0.4) is 0 Å². The van der Waals surface area contributed by atoms with E-state index in [4.69, 9.17) is 9.52 Å². The zero-order valence-corrected chi connectivity index (χ0v) is 7.34. The SMILES string of the molecule is OCC(O)c1cc(-c2ccoc2)n[nH]1. The molecule has 74 valence electrons. The van der Waals surface area contributed by atoms with Crippen LogP contribution in [0.25, 0.3) is 11.3 Å². The molecule has 3 N–H and O–H groups in total. The highest BCUT2D eigenvalue weighted by molar-refractivity contribution is 5.57. The van der Waals surface area contributed by atoms with E-state index in [0.717, 1.165) is 5.56 Å². The van der Waals surface area contributed by atoms with Crippen molar-refractivity contribution in [1.29, 1.82) is 0 Å². The van der Waals surface area contributed by atoms with Gasteiger partial charge in [-0.2, -0.15) is 5.10 Å². The van der Waals surface area contributed by atoms with E-state index < -0.39 is 6.10 Å². The number of aliphatic hydroxyl groups is 2. The normalized spacial score (nSPS) is 13.0. The number of nitrogens with one attached hydrogen (secondary N) is 1. The maximum Gasteiger partial charge on any atom is 0.118 e. The van der Waals surface area contributed by atoms with Gasteiger partial charge >= 0.3 is 0 Å². The molecule has 0 aliphatic heterocycles. The lowest BCUT2D eigenvalue weighted by Crippen LogP contribution is -2.02. The Labute approximate surface area is 80.0 Å². The topological polar surface area (TPSA) is 82.3 Å². The minimum absolute atomic E-state index is 0.326. The van der Waals surface area contributed by atoms with Crippen molar-refractivity contribution in [2.24, 2.45) is 0 Å². The lowest BCUT2D eigenvalue weighted by molar-refractivity contribution is 0.0922. The first kappa shape index (κ1) is 8.98. The van der Waals surface area contributed by atoms with E-state index in [-0.39, 0.29) is 6.61 Å². The van der Waals surface area contributed by atoms with Crippen LogP contribution < -0.4 is 0 Å². The van der Waals surface area contributed by atoms with E-state index >= 15 is 0 Å². The van der Waals surface area contributed by atoms with Gasteiger partial charge in [0.25, 0.3) is 0 Å². The summed E-state index contributed by atoms with van der Waals surface area (Å²) in [6, 6.07) is 3.44. The second-order valence-corrected chi connectivity index (χ2v) is 2.92. The van der Waals surface area contributed by atoms with Crippen LogP contribution in [0.15, 0.2) is 29.1 Å². The van der Waals surface area contributed by atoms with E-state index in [1.165, 1.54) is 0 Å². The Hall–Kier alpha value is -1.59.